The number of aryl methyl sites for hydroxylation is 1. The van der Waals surface area contributed by atoms with Crippen molar-refractivity contribution in [3.05, 3.63) is 53.1 Å². The van der Waals surface area contributed by atoms with Gasteiger partial charge in [0.05, 0.1) is 0 Å². The molecule has 0 amide bonds. The van der Waals surface area contributed by atoms with Gasteiger partial charge in [0.15, 0.2) is 0 Å². The zero-order valence-electron chi connectivity index (χ0n) is 13.1. The smallest absolute Gasteiger partial charge is 0.133 e. The van der Waals surface area contributed by atoms with Crippen molar-refractivity contribution < 1.29 is 4.74 Å². The Morgan fingerprint density at radius 3 is 2.52 bits per heavy atom. The minimum atomic E-state index is 0.481. The highest BCUT2D eigenvalue weighted by atomic mass is 32.2. The summed E-state index contributed by atoms with van der Waals surface area (Å²) in [5.41, 5.74) is 9.39. The molecular weight excluding hydrogens is 278 g/mol. The molecule has 0 fully saturated rings. The Morgan fingerprint density at radius 1 is 1.14 bits per heavy atom. The Labute approximate surface area is 131 Å². The van der Waals surface area contributed by atoms with Gasteiger partial charge in [-0.15, -0.1) is 11.8 Å². The van der Waals surface area contributed by atoms with E-state index in [0.29, 0.717) is 12.5 Å². The van der Waals surface area contributed by atoms with Crippen LogP contribution in [-0.2, 0) is 6.54 Å². The third-order valence-corrected chi connectivity index (χ3v) is 4.44. The minimum Gasteiger partial charge on any atom is -0.457 e. The summed E-state index contributed by atoms with van der Waals surface area (Å²) in [7, 11) is 0. The largest absolute Gasteiger partial charge is 0.457 e. The van der Waals surface area contributed by atoms with Crippen LogP contribution in [-0.4, -0.2) is 6.26 Å². The molecule has 0 atom stereocenters. The van der Waals surface area contributed by atoms with Gasteiger partial charge in [-0.2, -0.15) is 0 Å². The zero-order valence-corrected chi connectivity index (χ0v) is 14.0. The highest BCUT2D eigenvalue weighted by Crippen LogP contribution is 2.34. The number of hydrogen-bond acceptors (Lipinski definition) is 3. The lowest BCUT2D eigenvalue weighted by atomic mass is 10.0. The molecule has 3 heteroatoms. The Balaban J connectivity index is 2.40. The highest BCUT2D eigenvalue weighted by molar-refractivity contribution is 7.98. The van der Waals surface area contributed by atoms with Crippen molar-refractivity contribution in [1.29, 1.82) is 0 Å². The van der Waals surface area contributed by atoms with Crippen molar-refractivity contribution >= 4 is 11.8 Å². The van der Waals surface area contributed by atoms with E-state index >= 15 is 0 Å². The van der Waals surface area contributed by atoms with Crippen molar-refractivity contribution in [3.63, 3.8) is 0 Å². The molecule has 0 aromatic heterocycles. The van der Waals surface area contributed by atoms with Gasteiger partial charge in [-0.25, -0.2) is 0 Å². The maximum atomic E-state index is 6.17. The van der Waals surface area contributed by atoms with Crippen LogP contribution in [0.2, 0.25) is 0 Å². The first-order chi connectivity index (χ1) is 10.1. The molecular formula is C18H23NOS. The SMILES string of the molecule is CSc1cccc(Oc2cc(C(C)C)ccc2C)c1CN. The van der Waals surface area contributed by atoms with Crippen molar-refractivity contribution in [3.8, 4) is 11.5 Å². The van der Waals surface area contributed by atoms with E-state index in [1.54, 1.807) is 11.8 Å². The second kappa shape index (κ2) is 7.01. The molecule has 2 nitrogen and oxygen atoms in total. The summed E-state index contributed by atoms with van der Waals surface area (Å²) in [4.78, 5) is 1.17. The van der Waals surface area contributed by atoms with E-state index in [1.165, 1.54) is 10.5 Å². The zero-order chi connectivity index (χ0) is 15.4. The lowest BCUT2D eigenvalue weighted by Crippen LogP contribution is -2.02. The lowest BCUT2D eigenvalue weighted by molar-refractivity contribution is 0.469. The summed E-state index contributed by atoms with van der Waals surface area (Å²) in [6.07, 6.45) is 2.06. The summed E-state index contributed by atoms with van der Waals surface area (Å²) >= 11 is 1.70. The number of rotatable bonds is 5. The molecule has 2 N–H and O–H groups in total. The third-order valence-electron chi connectivity index (χ3n) is 3.61. The standard InChI is InChI=1S/C18H23NOS/c1-12(2)14-9-8-13(3)17(10-14)20-16-6-5-7-18(21-4)15(16)11-19/h5-10,12H,11,19H2,1-4H3. The van der Waals surface area contributed by atoms with E-state index in [2.05, 4.69) is 51.3 Å². The van der Waals surface area contributed by atoms with Crippen LogP contribution < -0.4 is 10.5 Å². The highest BCUT2D eigenvalue weighted by Gasteiger charge is 2.11. The van der Waals surface area contributed by atoms with Crippen LogP contribution in [0.3, 0.4) is 0 Å². The third kappa shape index (κ3) is 3.60. The predicted octanol–water partition coefficient (Wildman–Crippen LogP) is 5.09. The first-order valence-corrected chi connectivity index (χ1v) is 8.43. The van der Waals surface area contributed by atoms with Crippen LogP contribution in [0.5, 0.6) is 11.5 Å². The van der Waals surface area contributed by atoms with Gasteiger partial charge in [0, 0.05) is 17.0 Å². The maximum absolute atomic E-state index is 6.17. The summed E-state index contributed by atoms with van der Waals surface area (Å²) in [5, 5.41) is 0. The Kier molecular flexibility index (Phi) is 5.32. The minimum absolute atomic E-state index is 0.481. The fourth-order valence-corrected chi connectivity index (χ4v) is 2.88. The summed E-state index contributed by atoms with van der Waals surface area (Å²) in [6, 6.07) is 12.5. The van der Waals surface area contributed by atoms with Gasteiger partial charge in [-0.3, -0.25) is 0 Å². The van der Waals surface area contributed by atoms with Crippen LogP contribution in [0.1, 0.15) is 36.5 Å². The molecule has 2 aromatic rings. The molecule has 0 aliphatic heterocycles. The molecule has 0 saturated carbocycles. The quantitative estimate of drug-likeness (QED) is 0.781. The van der Waals surface area contributed by atoms with E-state index < -0.39 is 0 Å². The Morgan fingerprint density at radius 2 is 1.90 bits per heavy atom. The van der Waals surface area contributed by atoms with E-state index in [1.807, 2.05) is 12.1 Å². The topological polar surface area (TPSA) is 35.2 Å². The summed E-state index contributed by atoms with van der Waals surface area (Å²) in [5.74, 6) is 2.25. The van der Waals surface area contributed by atoms with Crippen LogP contribution in [0, 0.1) is 6.92 Å². The van der Waals surface area contributed by atoms with Crippen molar-refractivity contribution in [1.82, 2.24) is 0 Å². The molecule has 0 aliphatic carbocycles. The fourth-order valence-electron chi connectivity index (χ4n) is 2.24. The van der Waals surface area contributed by atoms with Crippen molar-refractivity contribution in [2.75, 3.05) is 6.26 Å². The van der Waals surface area contributed by atoms with Crippen molar-refractivity contribution in [2.45, 2.75) is 38.1 Å². The Hall–Kier alpha value is -1.45. The second-order valence-electron chi connectivity index (χ2n) is 5.42. The molecule has 0 unspecified atom stereocenters. The first-order valence-electron chi connectivity index (χ1n) is 7.21. The van der Waals surface area contributed by atoms with Crippen LogP contribution in [0.15, 0.2) is 41.3 Å². The summed E-state index contributed by atoms with van der Waals surface area (Å²) < 4.78 is 6.17. The van der Waals surface area contributed by atoms with E-state index in [-0.39, 0.29) is 0 Å². The van der Waals surface area contributed by atoms with Gasteiger partial charge in [0.2, 0.25) is 0 Å². The van der Waals surface area contributed by atoms with E-state index in [9.17, 15) is 0 Å². The van der Waals surface area contributed by atoms with Gasteiger partial charge in [-0.1, -0.05) is 32.0 Å². The first kappa shape index (κ1) is 15.9. The van der Waals surface area contributed by atoms with Crippen LogP contribution in [0.25, 0.3) is 0 Å². The van der Waals surface area contributed by atoms with E-state index in [4.69, 9.17) is 10.5 Å². The average Bonchev–Trinajstić information content (AvgIpc) is 2.48. The average molecular weight is 301 g/mol. The number of hydrogen-bond donors (Lipinski definition) is 1. The van der Waals surface area contributed by atoms with Gasteiger partial charge in [0.25, 0.3) is 0 Å². The van der Waals surface area contributed by atoms with E-state index in [0.717, 1.165) is 22.6 Å². The molecule has 0 radical (unpaired) electrons. The van der Waals surface area contributed by atoms with Crippen molar-refractivity contribution in [2.24, 2.45) is 5.73 Å². The number of nitrogens with two attached hydrogens (primary N) is 1. The van der Waals surface area contributed by atoms with Crippen LogP contribution >= 0.6 is 11.8 Å². The van der Waals surface area contributed by atoms with Gasteiger partial charge >= 0.3 is 0 Å². The number of ether oxygens (including phenoxy) is 1. The second-order valence-corrected chi connectivity index (χ2v) is 6.27. The van der Waals surface area contributed by atoms with Gasteiger partial charge in [-0.05, 0) is 48.4 Å². The van der Waals surface area contributed by atoms with Gasteiger partial charge < -0.3 is 10.5 Å². The molecule has 0 aliphatic rings. The normalized spacial score (nSPS) is 11.0. The number of thioether (sulfide) groups is 1. The van der Waals surface area contributed by atoms with Gasteiger partial charge in [0.1, 0.15) is 11.5 Å². The molecule has 2 rings (SSSR count). The van der Waals surface area contributed by atoms with Crippen LogP contribution in [0.4, 0.5) is 0 Å². The molecule has 2 aromatic carbocycles. The monoisotopic (exact) mass is 301 g/mol. The molecule has 21 heavy (non-hydrogen) atoms. The molecule has 112 valence electrons. The molecule has 0 heterocycles. The fraction of sp³-hybridized carbons (Fsp3) is 0.333. The predicted molar refractivity (Wildman–Crippen MR) is 91.5 cm³/mol. The molecule has 0 saturated heterocycles. The Bertz CT molecular complexity index is 623. The lowest BCUT2D eigenvalue weighted by Gasteiger charge is -2.16. The maximum Gasteiger partial charge on any atom is 0.133 e. The molecule has 0 bridgehead atoms. The molecule has 0 spiro atoms. The summed E-state index contributed by atoms with van der Waals surface area (Å²) in [6.45, 7) is 6.93. The number of benzene rings is 2.